The minimum absolute atomic E-state index is 0.0450. The van der Waals surface area contributed by atoms with Crippen molar-refractivity contribution in [3.8, 4) is 11.5 Å². The van der Waals surface area contributed by atoms with Crippen LogP contribution in [0.5, 0.6) is 11.5 Å². The van der Waals surface area contributed by atoms with Gasteiger partial charge in [0.25, 0.3) is 0 Å². The second-order valence-electron chi connectivity index (χ2n) is 10.1. The number of carbonyl (C=O) groups excluding carboxylic acids is 2. The Kier molecular flexibility index (Phi) is 6.44. The average Bonchev–Trinajstić information content (AvgIpc) is 2.74. The van der Waals surface area contributed by atoms with Crippen molar-refractivity contribution in [3.63, 3.8) is 0 Å². The molecule has 0 saturated heterocycles. The van der Waals surface area contributed by atoms with E-state index in [1.165, 1.54) is 38.5 Å². The number of hydrogen-bond donors (Lipinski definition) is 1. The summed E-state index contributed by atoms with van der Waals surface area (Å²) in [5.41, 5.74) is 1.28. The van der Waals surface area contributed by atoms with Crippen molar-refractivity contribution in [2.75, 3.05) is 34.4 Å². The van der Waals surface area contributed by atoms with Gasteiger partial charge in [0.2, 0.25) is 11.8 Å². The smallest absolute Gasteiger partial charge is 0.241 e. The molecule has 0 atom stereocenters. The molecule has 2 amide bonds. The van der Waals surface area contributed by atoms with Crippen LogP contribution in [0.1, 0.15) is 50.5 Å². The summed E-state index contributed by atoms with van der Waals surface area (Å²) in [7, 11) is 5.01. The first-order chi connectivity index (χ1) is 14.9. The zero-order chi connectivity index (χ0) is 22.0. The van der Waals surface area contributed by atoms with Gasteiger partial charge in [-0.05, 0) is 85.8 Å². The van der Waals surface area contributed by atoms with Crippen LogP contribution in [0.15, 0.2) is 18.2 Å². The highest BCUT2D eigenvalue weighted by Crippen LogP contribution is 2.61. The van der Waals surface area contributed by atoms with E-state index in [0.29, 0.717) is 30.9 Å². The maximum atomic E-state index is 12.7. The second kappa shape index (κ2) is 9.09. The Labute approximate surface area is 185 Å². The Hall–Kier alpha value is -2.24. The maximum absolute atomic E-state index is 12.7. The van der Waals surface area contributed by atoms with E-state index in [4.69, 9.17) is 9.47 Å². The molecule has 1 aromatic rings. The molecule has 0 radical (unpaired) electrons. The lowest BCUT2D eigenvalue weighted by molar-refractivity contribution is -0.134. The van der Waals surface area contributed by atoms with Crippen molar-refractivity contribution < 1.29 is 19.1 Å². The number of hydrogen-bond acceptors (Lipinski definition) is 4. The highest BCUT2D eigenvalue weighted by molar-refractivity contribution is 5.84. The van der Waals surface area contributed by atoms with Gasteiger partial charge in [0.1, 0.15) is 0 Å². The van der Waals surface area contributed by atoms with Crippen LogP contribution < -0.4 is 14.8 Å². The van der Waals surface area contributed by atoms with Crippen LogP contribution in [0.3, 0.4) is 0 Å². The van der Waals surface area contributed by atoms with Gasteiger partial charge < -0.3 is 19.7 Å². The Bertz CT molecular complexity index is 786. The number of rotatable bonds is 9. The van der Waals surface area contributed by atoms with Crippen LogP contribution in [0.2, 0.25) is 0 Å². The molecule has 4 aliphatic carbocycles. The zero-order valence-electron chi connectivity index (χ0n) is 19.1. The fourth-order valence-electron chi connectivity index (χ4n) is 6.68. The number of methoxy groups -OCH3 is 2. The van der Waals surface area contributed by atoms with Gasteiger partial charge in [-0.25, -0.2) is 0 Å². The van der Waals surface area contributed by atoms with Crippen LogP contribution in [0.4, 0.5) is 0 Å². The Morgan fingerprint density at radius 2 is 1.65 bits per heavy atom. The number of amides is 2. The lowest BCUT2D eigenvalue weighted by Crippen LogP contribution is -2.48. The monoisotopic (exact) mass is 428 g/mol. The molecular formula is C25H36N2O4. The Balaban J connectivity index is 1.22. The molecule has 1 aromatic carbocycles. The van der Waals surface area contributed by atoms with E-state index in [9.17, 15) is 9.59 Å². The Morgan fingerprint density at radius 3 is 2.23 bits per heavy atom. The highest BCUT2D eigenvalue weighted by Gasteiger charge is 2.51. The minimum atomic E-state index is -0.0562. The molecule has 0 aliphatic heterocycles. The summed E-state index contributed by atoms with van der Waals surface area (Å²) >= 11 is 0. The van der Waals surface area contributed by atoms with Crippen LogP contribution in [0, 0.1) is 23.2 Å². The fourth-order valence-corrected chi connectivity index (χ4v) is 6.68. The summed E-state index contributed by atoms with van der Waals surface area (Å²) < 4.78 is 10.6. The summed E-state index contributed by atoms with van der Waals surface area (Å²) in [6.45, 7) is 0.660. The van der Waals surface area contributed by atoms with Crippen molar-refractivity contribution in [1.29, 1.82) is 0 Å². The summed E-state index contributed by atoms with van der Waals surface area (Å²) in [6, 6.07) is 5.79. The summed E-state index contributed by atoms with van der Waals surface area (Å²) in [6.07, 6.45) is 9.09. The minimum Gasteiger partial charge on any atom is -0.493 e. The van der Waals surface area contributed by atoms with E-state index in [2.05, 4.69) is 5.32 Å². The van der Waals surface area contributed by atoms with Crippen LogP contribution in [-0.4, -0.2) is 51.1 Å². The molecule has 4 fully saturated rings. The summed E-state index contributed by atoms with van der Waals surface area (Å²) in [5, 5.41) is 2.90. The van der Waals surface area contributed by atoms with Crippen molar-refractivity contribution in [1.82, 2.24) is 10.2 Å². The largest absolute Gasteiger partial charge is 0.493 e. The maximum Gasteiger partial charge on any atom is 0.241 e. The molecule has 0 aromatic heterocycles. The van der Waals surface area contributed by atoms with Crippen molar-refractivity contribution in [3.05, 3.63) is 23.8 Å². The SMILES string of the molecule is COc1ccc(CCN(C)C(=O)CNC(=O)CC23CC4CC(CC(C4)C2)C3)cc1OC. The predicted octanol–water partition coefficient (Wildman–Crippen LogP) is 3.43. The molecule has 5 rings (SSSR count). The van der Waals surface area contributed by atoms with Gasteiger partial charge in [0.15, 0.2) is 11.5 Å². The topological polar surface area (TPSA) is 67.9 Å². The number of nitrogens with zero attached hydrogens (tertiary/aromatic N) is 1. The quantitative estimate of drug-likeness (QED) is 0.654. The van der Waals surface area contributed by atoms with E-state index < -0.39 is 0 Å². The molecular weight excluding hydrogens is 392 g/mol. The highest BCUT2D eigenvalue weighted by atomic mass is 16.5. The van der Waals surface area contributed by atoms with Crippen LogP contribution in [-0.2, 0) is 16.0 Å². The average molecular weight is 429 g/mol. The molecule has 6 heteroatoms. The zero-order valence-corrected chi connectivity index (χ0v) is 19.1. The first-order valence-electron chi connectivity index (χ1n) is 11.6. The van der Waals surface area contributed by atoms with E-state index in [0.717, 1.165) is 23.3 Å². The third kappa shape index (κ3) is 4.99. The number of ether oxygens (including phenoxy) is 2. The van der Waals surface area contributed by atoms with E-state index in [1.54, 1.807) is 26.2 Å². The van der Waals surface area contributed by atoms with Gasteiger partial charge in [-0.15, -0.1) is 0 Å². The van der Waals surface area contributed by atoms with Crippen molar-refractivity contribution in [2.24, 2.45) is 23.2 Å². The number of likely N-dealkylation sites (N-methyl/N-ethyl adjacent to an activating group) is 1. The lowest BCUT2D eigenvalue weighted by atomic mass is 9.49. The van der Waals surface area contributed by atoms with Gasteiger partial charge in [-0.1, -0.05) is 6.07 Å². The molecule has 6 nitrogen and oxygen atoms in total. The normalized spacial score (nSPS) is 28.3. The molecule has 4 aliphatic rings. The van der Waals surface area contributed by atoms with Gasteiger partial charge in [-0.2, -0.15) is 0 Å². The number of benzene rings is 1. The van der Waals surface area contributed by atoms with Gasteiger partial charge >= 0.3 is 0 Å². The Morgan fingerprint density at radius 1 is 1.03 bits per heavy atom. The molecule has 170 valence electrons. The molecule has 4 saturated carbocycles. The van der Waals surface area contributed by atoms with E-state index in [1.807, 2.05) is 18.2 Å². The van der Waals surface area contributed by atoms with E-state index >= 15 is 0 Å². The van der Waals surface area contributed by atoms with E-state index in [-0.39, 0.29) is 23.8 Å². The summed E-state index contributed by atoms with van der Waals surface area (Å²) in [5.74, 6) is 3.88. The molecule has 0 unspecified atom stereocenters. The molecule has 31 heavy (non-hydrogen) atoms. The third-order valence-electron chi connectivity index (χ3n) is 7.75. The number of carbonyl (C=O) groups is 2. The molecule has 0 heterocycles. The predicted molar refractivity (Wildman–Crippen MR) is 119 cm³/mol. The lowest BCUT2D eigenvalue weighted by Gasteiger charge is -2.56. The molecule has 4 bridgehead atoms. The van der Waals surface area contributed by atoms with Crippen LogP contribution >= 0.6 is 0 Å². The first-order valence-corrected chi connectivity index (χ1v) is 11.6. The molecule has 1 N–H and O–H groups in total. The standard InChI is InChI=1S/C25H36N2O4/c1-27(7-6-17-4-5-21(30-2)22(11-17)31-3)24(29)16-26-23(28)15-25-12-18-8-19(13-25)10-20(9-18)14-25/h4-5,11,18-20H,6-10,12-16H2,1-3H3,(H,26,28). The van der Waals surface area contributed by atoms with Gasteiger partial charge in [0.05, 0.1) is 20.8 Å². The summed E-state index contributed by atoms with van der Waals surface area (Å²) in [4.78, 5) is 26.9. The van der Waals surface area contributed by atoms with Gasteiger partial charge in [-0.3, -0.25) is 9.59 Å². The number of nitrogens with one attached hydrogen (secondary N) is 1. The first kappa shape index (κ1) is 22.0. The fraction of sp³-hybridized carbons (Fsp3) is 0.680. The third-order valence-corrected chi connectivity index (χ3v) is 7.75. The second-order valence-corrected chi connectivity index (χ2v) is 10.1. The molecule has 0 spiro atoms. The van der Waals surface area contributed by atoms with Crippen molar-refractivity contribution >= 4 is 11.8 Å². The van der Waals surface area contributed by atoms with Gasteiger partial charge in [0, 0.05) is 20.0 Å². The van der Waals surface area contributed by atoms with Crippen molar-refractivity contribution in [2.45, 2.75) is 51.4 Å². The van der Waals surface area contributed by atoms with Crippen LogP contribution in [0.25, 0.3) is 0 Å².